The summed E-state index contributed by atoms with van der Waals surface area (Å²) in [7, 11) is 0. The highest BCUT2D eigenvalue weighted by molar-refractivity contribution is 7.09. The van der Waals surface area contributed by atoms with E-state index in [1.807, 2.05) is 5.38 Å². The van der Waals surface area contributed by atoms with E-state index >= 15 is 0 Å². The second-order valence-electron chi connectivity index (χ2n) is 5.14. The fraction of sp³-hybridized carbons (Fsp3) is 0.692. The van der Waals surface area contributed by atoms with Crippen molar-refractivity contribution in [1.29, 1.82) is 0 Å². The van der Waals surface area contributed by atoms with Crippen LogP contribution < -0.4 is 5.73 Å². The summed E-state index contributed by atoms with van der Waals surface area (Å²) in [6.45, 7) is 4.20. The molecule has 106 valence electrons. The number of alkyl halides is 1. The topological polar surface area (TPSA) is 59.2 Å². The van der Waals surface area contributed by atoms with E-state index in [-0.39, 0.29) is 5.91 Å². The second-order valence-corrected chi connectivity index (χ2v) is 6.29. The zero-order valence-electron chi connectivity index (χ0n) is 11.1. The van der Waals surface area contributed by atoms with Gasteiger partial charge in [0.2, 0.25) is 5.91 Å². The number of hydrogen-bond acceptors (Lipinski definition) is 4. The largest absolute Gasteiger partial charge is 0.370 e. The molecule has 1 fully saturated rings. The van der Waals surface area contributed by atoms with Gasteiger partial charge in [-0.15, -0.1) is 22.9 Å². The Labute approximate surface area is 122 Å². The molecular weight excluding hydrogens is 282 g/mol. The zero-order valence-corrected chi connectivity index (χ0v) is 12.7. The average molecular weight is 302 g/mol. The van der Waals surface area contributed by atoms with Crippen LogP contribution in [0.3, 0.4) is 0 Å². The number of likely N-dealkylation sites (tertiary alicyclic amines) is 1. The van der Waals surface area contributed by atoms with Crippen LogP contribution in [0.25, 0.3) is 0 Å². The normalized spacial score (nSPS) is 19.5. The number of thiazole rings is 1. The molecule has 2 rings (SSSR count). The predicted octanol–water partition coefficient (Wildman–Crippen LogP) is 2.53. The first-order valence-electron chi connectivity index (χ1n) is 6.62. The molecular formula is C13H20ClN3OS. The number of primary amides is 1. The summed E-state index contributed by atoms with van der Waals surface area (Å²) >= 11 is 7.46. The van der Waals surface area contributed by atoms with Crippen molar-refractivity contribution >= 4 is 28.8 Å². The van der Waals surface area contributed by atoms with E-state index in [1.165, 1.54) is 0 Å². The van der Waals surface area contributed by atoms with Crippen molar-refractivity contribution in [3.63, 3.8) is 0 Å². The number of piperidine rings is 1. The highest BCUT2D eigenvalue weighted by atomic mass is 35.5. The number of rotatable bonds is 5. The summed E-state index contributed by atoms with van der Waals surface area (Å²) in [6, 6.07) is 0.330. The summed E-state index contributed by atoms with van der Waals surface area (Å²) < 4.78 is 0. The number of hydrogen-bond donors (Lipinski definition) is 1. The Morgan fingerprint density at radius 2 is 2.32 bits per heavy atom. The van der Waals surface area contributed by atoms with Crippen LogP contribution in [0.1, 0.15) is 42.9 Å². The van der Waals surface area contributed by atoms with Gasteiger partial charge in [0.15, 0.2) is 0 Å². The third kappa shape index (κ3) is 3.91. The molecule has 1 atom stereocenters. The highest BCUT2D eigenvalue weighted by Crippen LogP contribution is 2.29. The molecule has 2 heterocycles. The van der Waals surface area contributed by atoms with Crippen LogP contribution in [-0.2, 0) is 10.7 Å². The smallest absolute Gasteiger partial charge is 0.217 e. The molecule has 0 aliphatic carbocycles. The van der Waals surface area contributed by atoms with Crippen molar-refractivity contribution in [2.75, 3.05) is 13.1 Å². The van der Waals surface area contributed by atoms with Crippen LogP contribution in [0.2, 0.25) is 0 Å². The average Bonchev–Trinajstić information content (AvgIpc) is 2.87. The lowest BCUT2D eigenvalue weighted by atomic mass is 9.92. The molecule has 1 aliphatic heterocycles. The van der Waals surface area contributed by atoms with Crippen molar-refractivity contribution in [3.05, 3.63) is 16.1 Å². The van der Waals surface area contributed by atoms with Crippen LogP contribution in [-0.4, -0.2) is 28.9 Å². The highest BCUT2D eigenvalue weighted by Gasteiger charge is 2.25. The van der Waals surface area contributed by atoms with Gasteiger partial charge in [0.25, 0.3) is 0 Å². The Bertz CT molecular complexity index is 429. The fourth-order valence-electron chi connectivity index (χ4n) is 2.56. The van der Waals surface area contributed by atoms with Crippen LogP contribution >= 0.6 is 22.9 Å². The maximum Gasteiger partial charge on any atom is 0.217 e. The molecule has 4 nitrogen and oxygen atoms in total. The summed E-state index contributed by atoms with van der Waals surface area (Å²) in [5.74, 6) is 0.748. The molecule has 1 saturated heterocycles. The molecule has 0 aromatic carbocycles. The number of carbonyl (C=O) groups excluding carboxylic acids is 1. The second kappa shape index (κ2) is 6.68. The molecule has 1 aromatic heterocycles. The van der Waals surface area contributed by atoms with Gasteiger partial charge in [0.1, 0.15) is 5.01 Å². The van der Waals surface area contributed by atoms with Gasteiger partial charge >= 0.3 is 0 Å². The Morgan fingerprint density at radius 3 is 2.84 bits per heavy atom. The number of nitrogens with zero attached hydrogens (tertiary/aromatic N) is 2. The summed E-state index contributed by atoms with van der Waals surface area (Å²) in [5.41, 5.74) is 6.21. The molecule has 1 aliphatic rings. The van der Waals surface area contributed by atoms with Crippen molar-refractivity contribution < 1.29 is 4.79 Å². The third-order valence-electron chi connectivity index (χ3n) is 3.75. The first-order chi connectivity index (χ1) is 9.10. The number of aromatic nitrogens is 1. The van der Waals surface area contributed by atoms with Gasteiger partial charge < -0.3 is 5.73 Å². The van der Waals surface area contributed by atoms with Gasteiger partial charge in [0.05, 0.1) is 17.6 Å². The van der Waals surface area contributed by atoms with Crippen LogP contribution in [0.4, 0.5) is 0 Å². The quantitative estimate of drug-likeness (QED) is 0.850. The van der Waals surface area contributed by atoms with Crippen molar-refractivity contribution in [3.8, 4) is 0 Å². The molecule has 0 bridgehead atoms. The predicted molar refractivity (Wildman–Crippen MR) is 78.2 cm³/mol. The number of halogens is 1. The minimum absolute atomic E-state index is 0.182. The number of amides is 1. The van der Waals surface area contributed by atoms with E-state index < -0.39 is 0 Å². The van der Waals surface area contributed by atoms with Gasteiger partial charge in [-0.25, -0.2) is 4.98 Å². The molecule has 0 spiro atoms. The molecule has 1 amide bonds. The standard InChI is InChI=1S/C13H20ClN3OS/c1-9(13-16-11(7-14)8-19-13)17-4-2-10(3-5-17)6-12(15)18/h8-10H,2-7H2,1H3,(H2,15,18). The Hall–Kier alpha value is -0.650. The van der Waals surface area contributed by atoms with Gasteiger partial charge in [-0.1, -0.05) is 0 Å². The Morgan fingerprint density at radius 1 is 1.63 bits per heavy atom. The van der Waals surface area contributed by atoms with E-state index in [1.54, 1.807) is 11.3 Å². The third-order valence-corrected chi connectivity index (χ3v) is 5.09. The summed E-state index contributed by atoms with van der Waals surface area (Å²) in [5, 5.41) is 3.16. The van der Waals surface area contributed by atoms with Gasteiger partial charge in [0, 0.05) is 11.8 Å². The summed E-state index contributed by atoms with van der Waals surface area (Å²) in [6.07, 6.45) is 2.61. The number of nitrogens with two attached hydrogens (primary N) is 1. The molecule has 2 N–H and O–H groups in total. The first-order valence-corrected chi connectivity index (χ1v) is 8.04. The van der Waals surface area contributed by atoms with Crippen molar-refractivity contribution in [2.24, 2.45) is 11.7 Å². The van der Waals surface area contributed by atoms with E-state index in [2.05, 4.69) is 16.8 Å². The maximum atomic E-state index is 10.9. The van der Waals surface area contributed by atoms with E-state index in [4.69, 9.17) is 17.3 Å². The van der Waals surface area contributed by atoms with E-state index in [0.717, 1.165) is 36.6 Å². The van der Waals surface area contributed by atoms with Crippen LogP contribution in [0.5, 0.6) is 0 Å². The lowest BCUT2D eigenvalue weighted by Crippen LogP contribution is -2.36. The minimum Gasteiger partial charge on any atom is -0.370 e. The fourth-order valence-corrected chi connectivity index (χ4v) is 3.70. The molecule has 1 aromatic rings. The zero-order chi connectivity index (χ0) is 13.8. The van der Waals surface area contributed by atoms with Crippen molar-refractivity contribution in [2.45, 2.75) is 38.1 Å². The lowest BCUT2D eigenvalue weighted by Gasteiger charge is -2.34. The van der Waals surface area contributed by atoms with E-state index in [9.17, 15) is 4.79 Å². The molecule has 19 heavy (non-hydrogen) atoms. The Kier molecular flexibility index (Phi) is 5.19. The minimum atomic E-state index is -0.182. The molecule has 0 saturated carbocycles. The Balaban J connectivity index is 1.88. The van der Waals surface area contributed by atoms with Crippen LogP contribution in [0, 0.1) is 5.92 Å². The van der Waals surface area contributed by atoms with Gasteiger partial charge in [-0.3, -0.25) is 9.69 Å². The maximum absolute atomic E-state index is 10.9. The first kappa shape index (κ1) is 14.8. The monoisotopic (exact) mass is 301 g/mol. The SMILES string of the molecule is CC(c1nc(CCl)cs1)N1CCC(CC(N)=O)CC1. The molecule has 6 heteroatoms. The summed E-state index contributed by atoms with van der Waals surface area (Å²) in [4.78, 5) is 17.9. The van der Waals surface area contributed by atoms with Crippen LogP contribution in [0.15, 0.2) is 5.38 Å². The van der Waals surface area contributed by atoms with Gasteiger partial charge in [-0.2, -0.15) is 0 Å². The molecule has 0 radical (unpaired) electrons. The van der Waals surface area contributed by atoms with E-state index in [0.29, 0.717) is 24.3 Å². The number of carbonyl (C=O) groups is 1. The van der Waals surface area contributed by atoms with Crippen molar-refractivity contribution in [1.82, 2.24) is 9.88 Å². The molecule has 1 unspecified atom stereocenters. The lowest BCUT2D eigenvalue weighted by molar-refractivity contribution is -0.119. The van der Waals surface area contributed by atoms with Gasteiger partial charge in [-0.05, 0) is 38.8 Å².